The molecule has 0 saturated heterocycles. The molecule has 5 nitrogen and oxygen atoms in total. The standard InChI is InChI=1S/C13H27NO4/c1-6-13(10-15,7-8-17-5)9-14-11(16)18-12(2,3)4/h15H,6-10H2,1-5H3,(H,14,16). The Balaban J connectivity index is 4.30. The van der Waals surface area contributed by atoms with Gasteiger partial charge in [0.1, 0.15) is 5.60 Å². The second-order valence-electron chi connectivity index (χ2n) is 5.61. The summed E-state index contributed by atoms with van der Waals surface area (Å²) in [5, 5.41) is 12.2. The number of nitrogens with one attached hydrogen (secondary N) is 1. The average molecular weight is 261 g/mol. The number of carbonyl (C=O) groups is 1. The van der Waals surface area contributed by atoms with Crippen LogP contribution in [0.1, 0.15) is 40.5 Å². The van der Waals surface area contributed by atoms with Crippen LogP contribution in [0.4, 0.5) is 4.79 Å². The van der Waals surface area contributed by atoms with Crippen molar-refractivity contribution in [1.82, 2.24) is 5.32 Å². The largest absolute Gasteiger partial charge is 0.444 e. The number of alkyl carbamates (subject to hydrolysis) is 1. The van der Waals surface area contributed by atoms with E-state index in [1.165, 1.54) is 0 Å². The molecule has 108 valence electrons. The summed E-state index contributed by atoms with van der Waals surface area (Å²) in [6.45, 7) is 8.40. The lowest BCUT2D eigenvalue weighted by molar-refractivity contribution is 0.0402. The maximum atomic E-state index is 11.6. The molecule has 1 unspecified atom stereocenters. The number of aliphatic hydroxyl groups excluding tert-OH is 1. The molecule has 0 spiro atoms. The Labute approximate surface area is 110 Å². The number of ether oxygens (including phenoxy) is 2. The minimum absolute atomic E-state index is 0.0165. The van der Waals surface area contributed by atoms with E-state index in [9.17, 15) is 9.90 Å². The fourth-order valence-corrected chi connectivity index (χ4v) is 1.53. The van der Waals surface area contributed by atoms with Crippen LogP contribution >= 0.6 is 0 Å². The first-order valence-electron chi connectivity index (χ1n) is 6.35. The van der Waals surface area contributed by atoms with Crippen LogP contribution < -0.4 is 5.32 Å². The van der Waals surface area contributed by atoms with Crippen LogP contribution in [0.15, 0.2) is 0 Å². The van der Waals surface area contributed by atoms with Gasteiger partial charge in [-0.15, -0.1) is 0 Å². The molecule has 2 N–H and O–H groups in total. The van der Waals surface area contributed by atoms with E-state index < -0.39 is 11.7 Å². The number of methoxy groups -OCH3 is 1. The minimum Gasteiger partial charge on any atom is -0.444 e. The van der Waals surface area contributed by atoms with E-state index in [1.807, 2.05) is 27.7 Å². The summed E-state index contributed by atoms with van der Waals surface area (Å²) >= 11 is 0. The first kappa shape index (κ1) is 17.2. The molecule has 0 radical (unpaired) electrons. The van der Waals surface area contributed by atoms with Crippen molar-refractivity contribution in [2.24, 2.45) is 5.41 Å². The van der Waals surface area contributed by atoms with Gasteiger partial charge in [-0.3, -0.25) is 0 Å². The van der Waals surface area contributed by atoms with Crippen molar-refractivity contribution in [3.63, 3.8) is 0 Å². The summed E-state index contributed by atoms with van der Waals surface area (Å²) in [6, 6.07) is 0. The van der Waals surface area contributed by atoms with Crippen LogP contribution in [0, 0.1) is 5.41 Å². The zero-order valence-corrected chi connectivity index (χ0v) is 12.2. The van der Waals surface area contributed by atoms with Gasteiger partial charge in [0.25, 0.3) is 0 Å². The van der Waals surface area contributed by atoms with E-state index >= 15 is 0 Å². The molecule has 0 fully saturated rings. The van der Waals surface area contributed by atoms with Gasteiger partial charge >= 0.3 is 6.09 Å². The number of rotatable bonds is 7. The first-order valence-corrected chi connectivity index (χ1v) is 6.35. The fraction of sp³-hybridized carbons (Fsp3) is 0.923. The third kappa shape index (κ3) is 6.81. The molecule has 0 heterocycles. The zero-order chi connectivity index (χ0) is 14.2. The van der Waals surface area contributed by atoms with E-state index in [1.54, 1.807) is 7.11 Å². The lowest BCUT2D eigenvalue weighted by Crippen LogP contribution is -2.42. The van der Waals surface area contributed by atoms with Crippen LogP contribution in [-0.4, -0.2) is 43.7 Å². The molecular weight excluding hydrogens is 234 g/mol. The maximum Gasteiger partial charge on any atom is 0.407 e. The lowest BCUT2D eigenvalue weighted by atomic mass is 9.83. The number of amides is 1. The average Bonchev–Trinajstić information content (AvgIpc) is 2.28. The number of carbonyl (C=O) groups excluding carboxylic acids is 1. The normalized spacial score (nSPS) is 15.0. The van der Waals surface area contributed by atoms with Crippen molar-refractivity contribution >= 4 is 6.09 Å². The van der Waals surface area contributed by atoms with E-state index in [0.29, 0.717) is 19.6 Å². The van der Waals surface area contributed by atoms with Gasteiger partial charge in [-0.25, -0.2) is 4.79 Å². The van der Waals surface area contributed by atoms with Gasteiger partial charge in [0.2, 0.25) is 0 Å². The van der Waals surface area contributed by atoms with E-state index in [-0.39, 0.29) is 12.0 Å². The van der Waals surface area contributed by atoms with Crippen LogP contribution in [0.5, 0.6) is 0 Å². The summed E-state index contributed by atoms with van der Waals surface area (Å²) in [6.07, 6.45) is 1.01. The van der Waals surface area contributed by atoms with Crippen molar-refractivity contribution < 1.29 is 19.4 Å². The molecule has 5 heteroatoms. The minimum atomic E-state index is -0.509. The Morgan fingerprint density at radius 3 is 2.33 bits per heavy atom. The predicted octanol–water partition coefficient (Wildman–Crippen LogP) is 1.94. The van der Waals surface area contributed by atoms with Gasteiger partial charge in [-0.05, 0) is 33.6 Å². The number of aliphatic hydroxyl groups is 1. The van der Waals surface area contributed by atoms with Crippen molar-refractivity contribution in [2.75, 3.05) is 26.9 Å². The number of hydrogen-bond donors (Lipinski definition) is 2. The van der Waals surface area contributed by atoms with Gasteiger partial charge < -0.3 is 19.9 Å². The second kappa shape index (κ2) is 7.59. The summed E-state index contributed by atoms with van der Waals surface area (Å²) < 4.78 is 10.2. The smallest absolute Gasteiger partial charge is 0.407 e. The van der Waals surface area contributed by atoms with Crippen molar-refractivity contribution in [1.29, 1.82) is 0 Å². The topological polar surface area (TPSA) is 67.8 Å². The highest BCUT2D eigenvalue weighted by molar-refractivity contribution is 5.67. The SMILES string of the molecule is CCC(CO)(CCOC)CNC(=O)OC(C)(C)C. The molecule has 0 aromatic rings. The molecule has 0 bridgehead atoms. The van der Waals surface area contributed by atoms with Gasteiger partial charge in [0, 0.05) is 25.7 Å². The molecule has 0 aliphatic rings. The Kier molecular flexibility index (Phi) is 7.25. The molecule has 1 amide bonds. The second-order valence-corrected chi connectivity index (χ2v) is 5.61. The van der Waals surface area contributed by atoms with E-state index in [0.717, 1.165) is 6.42 Å². The third-order valence-corrected chi connectivity index (χ3v) is 2.93. The predicted molar refractivity (Wildman–Crippen MR) is 70.5 cm³/mol. The van der Waals surface area contributed by atoms with Gasteiger partial charge in [0.15, 0.2) is 0 Å². The van der Waals surface area contributed by atoms with Crippen molar-refractivity contribution in [3.05, 3.63) is 0 Å². The summed E-state index contributed by atoms with van der Waals surface area (Å²) in [5.74, 6) is 0. The fourth-order valence-electron chi connectivity index (χ4n) is 1.53. The molecule has 0 saturated carbocycles. The highest BCUT2D eigenvalue weighted by atomic mass is 16.6. The highest BCUT2D eigenvalue weighted by Gasteiger charge is 2.28. The van der Waals surface area contributed by atoms with Crippen LogP contribution in [0.2, 0.25) is 0 Å². The molecule has 0 aliphatic heterocycles. The summed E-state index contributed by atoms with van der Waals surface area (Å²) in [4.78, 5) is 11.6. The molecular formula is C13H27NO4. The monoisotopic (exact) mass is 261 g/mol. The first-order chi connectivity index (χ1) is 8.28. The molecule has 18 heavy (non-hydrogen) atoms. The number of hydrogen-bond acceptors (Lipinski definition) is 4. The van der Waals surface area contributed by atoms with Gasteiger partial charge in [-0.1, -0.05) is 6.92 Å². The highest BCUT2D eigenvalue weighted by Crippen LogP contribution is 2.25. The lowest BCUT2D eigenvalue weighted by Gasteiger charge is -2.31. The Hall–Kier alpha value is -0.810. The molecule has 0 aliphatic carbocycles. The van der Waals surface area contributed by atoms with Crippen LogP contribution in [-0.2, 0) is 9.47 Å². The van der Waals surface area contributed by atoms with Gasteiger partial charge in [-0.2, -0.15) is 0 Å². The third-order valence-electron chi connectivity index (χ3n) is 2.93. The van der Waals surface area contributed by atoms with E-state index in [2.05, 4.69) is 5.32 Å². The van der Waals surface area contributed by atoms with E-state index in [4.69, 9.17) is 9.47 Å². The molecule has 0 rings (SSSR count). The maximum absolute atomic E-state index is 11.6. The Bertz CT molecular complexity index is 244. The Morgan fingerprint density at radius 2 is 1.94 bits per heavy atom. The molecule has 0 aromatic heterocycles. The van der Waals surface area contributed by atoms with Crippen molar-refractivity contribution in [3.8, 4) is 0 Å². The Morgan fingerprint density at radius 1 is 1.33 bits per heavy atom. The van der Waals surface area contributed by atoms with Crippen LogP contribution in [0.25, 0.3) is 0 Å². The summed E-state index contributed by atoms with van der Waals surface area (Å²) in [7, 11) is 1.62. The van der Waals surface area contributed by atoms with Crippen molar-refractivity contribution in [2.45, 2.75) is 46.1 Å². The molecule has 1 atom stereocenters. The quantitative estimate of drug-likeness (QED) is 0.735. The zero-order valence-electron chi connectivity index (χ0n) is 12.2. The van der Waals surface area contributed by atoms with Gasteiger partial charge in [0.05, 0.1) is 6.61 Å². The summed E-state index contributed by atoms with van der Waals surface area (Å²) in [5.41, 5.74) is -0.850. The van der Waals surface area contributed by atoms with Crippen LogP contribution in [0.3, 0.4) is 0 Å². The molecule has 0 aromatic carbocycles.